The summed E-state index contributed by atoms with van der Waals surface area (Å²) in [5, 5.41) is 8.23. The largest absolute Gasteiger partial charge is 0.338 e. The van der Waals surface area contributed by atoms with Gasteiger partial charge in [-0.25, -0.2) is 9.48 Å². The minimum atomic E-state index is -0.634. The van der Waals surface area contributed by atoms with Crippen LogP contribution in [0.5, 0.6) is 0 Å². The van der Waals surface area contributed by atoms with Crippen LogP contribution < -0.4 is 16.6 Å². The molecule has 0 unspecified atom stereocenters. The van der Waals surface area contributed by atoms with E-state index in [1.807, 2.05) is 13.0 Å². The van der Waals surface area contributed by atoms with Crippen LogP contribution in [0.4, 0.5) is 5.82 Å². The van der Waals surface area contributed by atoms with E-state index in [0.29, 0.717) is 34.9 Å². The maximum atomic E-state index is 13.0. The van der Waals surface area contributed by atoms with E-state index in [1.54, 1.807) is 31.2 Å². The number of Topliss-reactive ketones (excluding diaryl/α,β-unsaturated/α-hetero) is 1. The van der Waals surface area contributed by atoms with Gasteiger partial charge in [0.05, 0.1) is 17.1 Å². The van der Waals surface area contributed by atoms with E-state index >= 15 is 0 Å². The molecule has 3 heterocycles. The van der Waals surface area contributed by atoms with Gasteiger partial charge in [0.2, 0.25) is 5.78 Å². The lowest BCUT2D eigenvalue weighted by atomic mass is 10.1. The first-order valence-electron chi connectivity index (χ1n) is 9.62. The molecule has 1 aliphatic heterocycles. The lowest BCUT2D eigenvalue weighted by molar-refractivity contribution is 0.104. The number of carbonyl (C=O) groups is 1. The van der Waals surface area contributed by atoms with Gasteiger partial charge in [-0.15, -0.1) is 0 Å². The first kappa shape index (κ1) is 21.1. The van der Waals surface area contributed by atoms with Gasteiger partial charge in [0.1, 0.15) is 16.5 Å². The second-order valence-electron chi connectivity index (χ2n) is 7.22. The average Bonchev–Trinajstić information content (AvgIpc) is 3.21. The lowest BCUT2D eigenvalue weighted by Crippen LogP contribution is -2.40. The molecule has 0 spiro atoms. The fraction of sp³-hybridized carbons (Fsp3) is 0.238. The monoisotopic (exact) mass is 459 g/mol. The van der Waals surface area contributed by atoms with Crippen molar-refractivity contribution in [3.05, 3.63) is 77.8 Å². The number of anilines is 1. The highest BCUT2D eigenvalue weighted by Crippen LogP contribution is 2.30. The van der Waals surface area contributed by atoms with Gasteiger partial charge in [-0.05, 0) is 37.6 Å². The molecule has 0 bridgehead atoms. The molecule has 1 aliphatic rings. The molecule has 0 radical (unpaired) electrons. The second-order valence-corrected chi connectivity index (χ2v) is 8.01. The predicted octanol–water partition coefficient (Wildman–Crippen LogP) is 3.41. The number of hydrogen-bond acceptors (Lipinski definition) is 5. The molecule has 0 saturated carbocycles. The quantitative estimate of drug-likeness (QED) is 0.603. The van der Waals surface area contributed by atoms with Crippen LogP contribution in [0.15, 0.2) is 39.6 Å². The van der Waals surface area contributed by atoms with Gasteiger partial charge in [0.15, 0.2) is 0 Å². The zero-order valence-electron chi connectivity index (χ0n) is 17.1. The highest BCUT2D eigenvalue weighted by atomic mass is 35.5. The molecule has 1 aromatic carbocycles. The molecule has 0 aliphatic carbocycles. The fourth-order valence-corrected chi connectivity index (χ4v) is 4.06. The summed E-state index contributed by atoms with van der Waals surface area (Å²) < 4.78 is 3.87. The summed E-state index contributed by atoms with van der Waals surface area (Å²) in [6.07, 6.45) is 2.21. The molecule has 8 nitrogen and oxygen atoms in total. The number of hydrogen-bond donors (Lipinski definition) is 1. The van der Waals surface area contributed by atoms with Gasteiger partial charge in [0, 0.05) is 24.2 Å². The molecule has 160 valence electrons. The molecule has 10 heteroatoms. The zero-order chi connectivity index (χ0) is 22.4. The van der Waals surface area contributed by atoms with Crippen LogP contribution in [-0.4, -0.2) is 24.7 Å². The smallest absolute Gasteiger partial charge is 0.332 e. The van der Waals surface area contributed by atoms with Crippen LogP contribution in [0.2, 0.25) is 10.2 Å². The molecule has 0 atom stereocenters. The molecule has 0 fully saturated rings. The minimum Gasteiger partial charge on any atom is -0.338 e. The molecule has 31 heavy (non-hydrogen) atoms. The van der Waals surface area contributed by atoms with E-state index in [4.69, 9.17) is 23.2 Å². The number of benzene rings is 1. The fourth-order valence-electron chi connectivity index (χ4n) is 3.55. The van der Waals surface area contributed by atoms with E-state index in [-0.39, 0.29) is 22.2 Å². The van der Waals surface area contributed by atoms with Crippen LogP contribution in [-0.2, 0) is 13.6 Å². The molecule has 1 N–H and O–H groups in total. The van der Waals surface area contributed by atoms with Crippen molar-refractivity contribution in [2.45, 2.75) is 26.8 Å². The first-order valence-corrected chi connectivity index (χ1v) is 10.4. The summed E-state index contributed by atoms with van der Waals surface area (Å²) in [4.78, 5) is 38.2. The summed E-state index contributed by atoms with van der Waals surface area (Å²) >= 11 is 12.6. The van der Waals surface area contributed by atoms with E-state index in [1.165, 1.54) is 16.3 Å². The Morgan fingerprint density at radius 3 is 2.61 bits per heavy atom. The molecule has 2 aromatic heterocycles. The van der Waals surface area contributed by atoms with Crippen LogP contribution in [0.25, 0.3) is 11.8 Å². The van der Waals surface area contributed by atoms with Gasteiger partial charge >= 0.3 is 5.69 Å². The molecular formula is C21H19Cl2N5O3. The Morgan fingerprint density at radius 2 is 1.94 bits per heavy atom. The number of nitrogens with zero attached hydrogens (tertiary/aromatic N) is 4. The zero-order valence-corrected chi connectivity index (χ0v) is 18.6. The van der Waals surface area contributed by atoms with Crippen LogP contribution in [0.3, 0.4) is 0 Å². The number of aryl methyl sites for hydroxylation is 1. The normalized spacial score (nSPS) is 14.2. The Bertz CT molecular complexity index is 1380. The standard InChI is InChI=1S/C21H19Cl2N5O3/c1-4-8-27-19-16(20(30)26(3)21(27)31)17(29)15(24-19)10-14-11(2)25-28(18(14)23)13-7-5-6-12(22)9-13/h5-7,9-10,24H,4,8H2,1-3H3/b15-10-. The Hall–Kier alpha value is -3.10. The Kier molecular flexibility index (Phi) is 5.36. The van der Waals surface area contributed by atoms with Crippen molar-refractivity contribution in [3.8, 4) is 5.69 Å². The maximum absolute atomic E-state index is 13.0. The SMILES string of the molecule is CCCn1c2c(c(=O)n(C)c1=O)C(=O)/C(=C/c1c(C)nn(-c3cccc(Cl)c3)c1Cl)N2. The third-order valence-electron chi connectivity index (χ3n) is 5.10. The topological polar surface area (TPSA) is 90.9 Å². The first-order chi connectivity index (χ1) is 14.7. The third-order valence-corrected chi connectivity index (χ3v) is 5.70. The summed E-state index contributed by atoms with van der Waals surface area (Å²) in [6, 6.07) is 7.05. The van der Waals surface area contributed by atoms with Crippen molar-refractivity contribution in [2.75, 3.05) is 5.32 Å². The second kappa shape index (κ2) is 7.86. The average molecular weight is 460 g/mol. The number of fused-ring (bicyclic) bond motifs is 1. The van der Waals surface area contributed by atoms with Crippen molar-refractivity contribution in [1.29, 1.82) is 0 Å². The van der Waals surface area contributed by atoms with Crippen molar-refractivity contribution in [3.63, 3.8) is 0 Å². The van der Waals surface area contributed by atoms with E-state index in [9.17, 15) is 14.4 Å². The van der Waals surface area contributed by atoms with Crippen LogP contribution in [0.1, 0.15) is 35.0 Å². The molecule has 0 amide bonds. The van der Waals surface area contributed by atoms with Crippen molar-refractivity contribution < 1.29 is 4.79 Å². The van der Waals surface area contributed by atoms with Gasteiger partial charge in [-0.1, -0.05) is 36.2 Å². The summed E-state index contributed by atoms with van der Waals surface area (Å²) in [6.45, 7) is 4.04. The molecular weight excluding hydrogens is 441 g/mol. The Labute approximate surface area is 187 Å². The third kappa shape index (κ3) is 3.41. The number of allylic oxidation sites excluding steroid dienone is 1. The van der Waals surface area contributed by atoms with Crippen molar-refractivity contribution in [1.82, 2.24) is 18.9 Å². The number of ketones is 1. The summed E-state index contributed by atoms with van der Waals surface area (Å²) in [7, 11) is 1.36. The van der Waals surface area contributed by atoms with Gasteiger partial charge < -0.3 is 5.32 Å². The number of carbonyl (C=O) groups excluding carboxylic acids is 1. The predicted molar refractivity (Wildman–Crippen MR) is 120 cm³/mol. The number of aromatic nitrogens is 4. The Balaban J connectivity index is 1.84. The maximum Gasteiger partial charge on any atom is 0.332 e. The Morgan fingerprint density at radius 1 is 1.19 bits per heavy atom. The number of rotatable bonds is 4. The van der Waals surface area contributed by atoms with Crippen LogP contribution in [0, 0.1) is 6.92 Å². The van der Waals surface area contributed by atoms with Crippen molar-refractivity contribution in [2.24, 2.45) is 7.05 Å². The van der Waals surface area contributed by atoms with Crippen molar-refractivity contribution >= 4 is 40.9 Å². The molecule has 3 aromatic rings. The van der Waals surface area contributed by atoms with E-state index in [2.05, 4.69) is 10.4 Å². The van der Waals surface area contributed by atoms with Gasteiger partial charge in [-0.2, -0.15) is 5.10 Å². The minimum absolute atomic E-state index is 0.0576. The van der Waals surface area contributed by atoms with Gasteiger partial charge in [0.25, 0.3) is 5.56 Å². The molecule has 4 rings (SSSR count). The number of halogens is 2. The number of nitrogens with one attached hydrogen (secondary N) is 1. The summed E-state index contributed by atoms with van der Waals surface area (Å²) in [5.41, 5.74) is 0.759. The highest BCUT2D eigenvalue weighted by molar-refractivity contribution is 6.32. The lowest BCUT2D eigenvalue weighted by Gasteiger charge is -2.11. The van der Waals surface area contributed by atoms with Gasteiger partial charge in [-0.3, -0.25) is 18.7 Å². The molecule has 0 saturated heterocycles. The van der Waals surface area contributed by atoms with E-state index < -0.39 is 17.0 Å². The highest BCUT2D eigenvalue weighted by Gasteiger charge is 2.33. The summed E-state index contributed by atoms with van der Waals surface area (Å²) in [5.74, 6) is -0.284. The van der Waals surface area contributed by atoms with E-state index in [0.717, 1.165) is 4.57 Å². The van der Waals surface area contributed by atoms with Crippen LogP contribution >= 0.6 is 23.2 Å².